The normalized spacial score (nSPS) is 12.1. The highest BCUT2D eigenvalue weighted by Crippen LogP contribution is 2.34. The van der Waals surface area contributed by atoms with Gasteiger partial charge in [0.2, 0.25) is 5.91 Å². The summed E-state index contributed by atoms with van der Waals surface area (Å²) in [6.45, 7) is 7.58. The standard InChI is InChI=1S/C30H33ClN2O7/c1-6-25(34)21-12-9-19(31)15-22(21)23-16-27(35)33(17-26(23)39-5)24(13-14-40-30(2,3)4)28(36)32-20-10-7-18(8-11-20)29(37)38/h7-12,15-17,24H,6,13-14H2,1-5H3,(H,32,36)(H,37,38)/t24-/m1/s1. The highest BCUT2D eigenvalue weighted by Gasteiger charge is 2.26. The molecule has 0 fully saturated rings. The number of methoxy groups -OCH3 is 1. The molecule has 212 valence electrons. The zero-order valence-electron chi connectivity index (χ0n) is 23.1. The Labute approximate surface area is 237 Å². The summed E-state index contributed by atoms with van der Waals surface area (Å²) in [5.74, 6) is -1.44. The lowest BCUT2D eigenvalue weighted by atomic mass is 9.96. The first-order valence-corrected chi connectivity index (χ1v) is 13.1. The number of aromatic carboxylic acids is 1. The highest BCUT2D eigenvalue weighted by atomic mass is 35.5. The van der Waals surface area contributed by atoms with Crippen LogP contribution in [0.3, 0.4) is 0 Å². The van der Waals surface area contributed by atoms with E-state index in [-0.39, 0.29) is 36.5 Å². The van der Waals surface area contributed by atoms with Crippen LogP contribution in [0.1, 0.15) is 67.3 Å². The van der Waals surface area contributed by atoms with Crippen molar-refractivity contribution >= 4 is 34.9 Å². The fraction of sp³-hybridized carbons (Fsp3) is 0.333. The third kappa shape index (κ3) is 7.58. The number of benzene rings is 2. The summed E-state index contributed by atoms with van der Waals surface area (Å²) >= 11 is 6.24. The molecule has 0 saturated heterocycles. The number of carboxylic acid groups (broad SMARTS) is 1. The monoisotopic (exact) mass is 568 g/mol. The van der Waals surface area contributed by atoms with Crippen LogP contribution >= 0.6 is 11.6 Å². The van der Waals surface area contributed by atoms with Crippen molar-refractivity contribution in [3.05, 3.63) is 81.2 Å². The first-order valence-electron chi connectivity index (χ1n) is 12.8. The van der Waals surface area contributed by atoms with Crippen LogP contribution in [0, 0.1) is 0 Å². The van der Waals surface area contributed by atoms with E-state index in [9.17, 15) is 19.2 Å². The van der Waals surface area contributed by atoms with Crippen molar-refractivity contribution in [3.8, 4) is 16.9 Å². The van der Waals surface area contributed by atoms with Crippen LogP contribution in [0.2, 0.25) is 5.02 Å². The van der Waals surface area contributed by atoms with Gasteiger partial charge in [0.05, 0.1) is 24.5 Å². The molecule has 1 aromatic heterocycles. The third-order valence-electron chi connectivity index (χ3n) is 6.12. The Morgan fingerprint density at radius 2 is 1.73 bits per heavy atom. The molecule has 3 aromatic rings. The number of ether oxygens (including phenoxy) is 2. The average molecular weight is 569 g/mol. The maximum Gasteiger partial charge on any atom is 0.335 e. The number of carbonyl (C=O) groups excluding carboxylic acids is 2. The Balaban J connectivity index is 2.06. The van der Waals surface area contributed by atoms with Crippen LogP contribution in [0.5, 0.6) is 5.75 Å². The van der Waals surface area contributed by atoms with Crippen molar-refractivity contribution in [2.24, 2.45) is 0 Å². The predicted molar refractivity (Wildman–Crippen MR) is 154 cm³/mol. The van der Waals surface area contributed by atoms with Crippen LogP contribution in [-0.2, 0) is 9.53 Å². The van der Waals surface area contributed by atoms with Crippen molar-refractivity contribution in [1.29, 1.82) is 0 Å². The zero-order valence-corrected chi connectivity index (χ0v) is 23.9. The van der Waals surface area contributed by atoms with Crippen molar-refractivity contribution in [2.75, 3.05) is 19.0 Å². The molecule has 1 heterocycles. The smallest absolute Gasteiger partial charge is 0.335 e. The minimum absolute atomic E-state index is 0.0756. The number of nitrogens with one attached hydrogen (secondary N) is 1. The number of anilines is 1. The highest BCUT2D eigenvalue weighted by molar-refractivity contribution is 6.31. The van der Waals surface area contributed by atoms with E-state index in [1.807, 2.05) is 20.8 Å². The largest absolute Gasteiger partial charge is 0.495 e. The number of hydrogen-bond donors (Lipinski definition) is 2. The molecule has 0 aliphatic carbocycles. The molecule has 0 aliphatic rings. The number of carbonyl (C=O) groups is 3. The lowest BCUT2D eigenvalue weighted by molar-refractivity contribution is -0.120. The topological polar surface area (TPSA) is 124 Å². The van der Waals surface area contributed by atoms with Gasteiger partial charge >= 0.3 is 5.97 Å². The SMILES string of the molecule is CCC(=O)c1ccc(Cl)cc1-c1cc(=O)n([C@H](CCOC(C)(C)C)C(=O)Nc2ccc(C(=O)O)cc2)cc1OC. The number of amides is 1. The van der Waals surface area contributed by atoms with Gasteiger partial charge in [-0.05, 0) is 68.8 Å². The molecule has 1 atom stereocenters. The van der Waals surface area contributed by atoms with Gasteiger partial charge in [0.1, 0.15) is 11.8 Å². The number of carboxylic acids is 1. The second kappa shape index (κ2) is 12.9. The van der Waals surface area contributed by atoms with Crippen molar-refractivity contribution in [2.45, 2.75) is 52.2 Å². The molecule has 9 nitrogen and oxygen atoms in total. The summed E-state index contributed by atoms with van der Waals surface area (Å²) in [6, 6.07) is 10.9. The molecule has 0 saturated carbocycles. The molecule has 3 rings (SSSR count). The summed E-state index contributed by atoms with van der Waals surface area (Å²) in [7, 11) is 1.43. The Hall–Kier alpha value is -3.95. The van der Waals surface area contributed by atoms with E-state index >= 15 is 0 Å². The minimum Gasteiger partial charge on any atom is -0.495 e. The number of hydrogen-bond acceptors (Lipinski definition) is 6. The summed E-state index contributed by atoms with van der Waals surface area (Å²) < 4.78 is 12.7. The maximum atomic E-state index is 13.5. The molecule has 2 N–H and O–H groups in total. The number of halogens is 1. The molecule has 1 amide bonds. The van der Waals surface area contributed by atoms with E-state index in [1.54, 1.807) is 25.1 Å². The molecule has 2 aromatic carbocycles. The Morgan fingerprint density at radius 1 is 1.05 bits per heavy atom. The van der Waals surface area contributed by atoms with E-state index in [4.69, 9.17) is 26.2 Å². The Kier molecular flexibility index (Phi) is 9.89. The van der Waals surface area contributed by atoms with Crippen molar-refractivity contribution in [3.63, 3.8) is 0 Å². The quantitative estimate of drug-likeness (QED) is 0.278. The Bertz CT molecular complexity index is 1460. The number of pyridine rings is 1. The van der Waals surface area contributed by atoms with Crippen molar-refractivity contribution < 1.29 is 29.0 Å². The molecule has 0 radical (unpaired) electrons. The molecule has 0 unspecified atom stereocenters. The number of Topliss-reactive ketones (excluding diaryl/α,β-unsaturated/α-hetero) is 1. The van der Waals surface area contributed by atoms with Crippen LogP contribution in [0.4, 0.5) is 5.69 Å². The van der Waals surface area contributed by atoms with Gasteiger partial charge in [-0.1, -0.05) is 18.5 Å². The summed E-state index contributed by atoms with van der Waals surface area (Å²) in [5.41, 5.74) is 0.715. The first kappa shape index (κ1) is 30.6. The van der Waals surface area contributed by atoms with Gasteiger partial charge in [-0.2, -0.15) is 0 Å². The molecular weight excluding hydrogens is 536 g/mol. The summed E-state index contributed by atoms with van der Waals surface area (Å²) in [6.07, 6.45) is 1.86. The van der Waals surface area contributed by atoms with Crippen LogP contribution in [-0.4, -0.2) is 46.7 Å². The lowest BCUT2D eigenvalue weighted by Crippen LogP contribution is -2.34. The van der Waals surface area contributed by atoms with Gasteiger partial charge < -0.3 is 19.9 Å². The van der Waals surface area contributed by atoms with Gasteiger partial charge in [0, 0.05) is 47.4 Å². The number of ketones is 1. The number of rotatable bonds is 11. The summed E-state index contributed by atoms with van der Waals surface area (Å²) in [4.78, 5) is 50.8. The first-order chi connectivity index (χ1) is 18.8. The van der Waals surface area contributed by atoms with E-state index in [0.717, 1.165) is 0 Å². The Morgan fingerprint density at radius 3 is 2.30 bits per heavy atom. The van der Waals surface area contributed by atoms with Gasteiger partial charge in [-0.3, -0.25) is 19.0 Å². The zero-order chi connectivity index (χ0) is 29.6. The fourth-order valence-corrected chi connectivity index (χ4v) is 4.29. The number of nitrogens with zero attached hydrogens (tertiary/aromatic N) is 1. The number of aromatic nitrogens is 1. The van der Waals surface area contributed by atoms with E-state index in [0.29, 0.717) is 27.4 Å². The maximum absolute atomic E-state index is 13.5. The summed E-state index contributed by atoms with van der Waals surface area (Å²) in [5, 5.41) is 12.3. The van der Waals surface area contributed by atoms with E-state index in [2.05, 4.69) is 5.32 Å². The average Bonchev–Trinajstić information content (AvgIpc) is 2.90. The molecule has 0 bridgehead atoms. The van der Waals surface area contributed by atoms with Gasteiger partial charge in [0.25, 0.3) is 5.56 Å². The van der Waals surface area contributed by atoms with Gasteiger partial charge in [-0.15, -0.1) is 0 Å². The molecule has 0 spiro atoms. The fourth-order valence-electron chi connectivity index (χ4n) is 4.11. The lowest BCUT2D eigenvalue weighted by Gasteiger charge is -2.24. The van der Waals surface area contributed by atoms with Crippen LogP contribution < -0.4 is 15.6 Å². The minimum atomic E-state index is -1.09. The van der Waals surface area contributed by atoms with Gasteiger partial charge in [0.15, 0.2) is 5.78 Å². The molecule has 40 heavy (non-hydrogen) atoms. The molecule has 0 aliphatic heterocycles. The van der Waals surface area contributed by atoms with E-state index < -0.39 is 29.1 Å². The molecular formula is C30H33ClN2O7. The third-order valence-corrected chi connectivity index (χ3v) is 6.36. The van der Waals surface area contributed by atoms with E-state index in [1.165, 1.54) is 48.2 Å². The van der Waals surface area contributed by atoms with Gasteiger partial charge in [-0.25, -0.2) is 4.79 Å². The van der Waals surface area contributed by atoms with Crippen LogP contribution in [0.15, 0.2) is 59.5 Å². The van der Waals surface area contributed by atoms with Crippen molar-refractivity contribution in [1.82, 2.24) is 4.57 Å². The van der Waals surface area contributed by atoms with Crippen LogP contribution in [0.25, 0.3) is 11.1 Å². The predicted octanol–water partition coefficient (Wildman–Crippen LogP) is 5.85. The second-order valence-electron chi connectivity index (χ2n) is 10.1. The molecule has 10 heteroatoms. The second-order valence-corrected chi connectivity index (χ2v) is 10.5.